The third-order valence-electron chi connectivity index (χ3n) is 11.7. The first-order valence-electron chi connectivity index (χ1n) is 19.0. The van der Waals surface area contributed by atoms with Gasteiger partial charge in [-0.2, -0.15) is 0 Å². The van der Waals surface area contributed by atoms with Crippen LogP contribution in [-0.2, 0) is 24.9 Å². The number of hydrogen-bond acceptors (Lipinski definition) is 3. The van der Waals surface area contributed by atoms with Crippen molar-refractivity contribution in [2.24, 2.45) is 17.3 Å². The average molecular weight is 837 g/mol. The number of carbonyl (C=O) groups is 1. The SMILES string of the molecule is CCC(CC)C(=O)/C=C(\O)C(CC)CC.Cc1[c-]c(-c2nccc3c2ccc2c(C4CCC5(CCCCC5)CC4)cccc23)cc(C)c1.[Ir]. The molecule has 2 saturated carbocycles. The molecule has 0 saturated heterocycles. The molecule has 49 heavy (non-hydrogen) atoms. The Morgan fingerprint density at radius 1 is 0.837 bits per heavy atom. The first-order chi connectivity index (χ1) is 23.2. The van der Waals surface area contributed by atoms with Crippen molar-refractivity contribution in [1.82, 2.24) is 4.98 Å². The predicted octanol–water partition coefficient (Wildman–Crippen LogP) is 12.9. The van der Waals surface area contributed by atoms with Crippen molar-refractivity contribution in [1.29, 1.82) is 0 Å². The standard InChI is InChI=1S/C32H34N.C13H24O2.Ir/c1-22-19-23(2)21-25(20-22)31-30-10-9-28-26(7-6-8-27(28)29(30)13-18-33-31)24-11-16-32(17-12-24)14-4-3-5-15-32;1-5-10(6-2)12(14)9-13(15)11(7-3)8-4;/h6-10,13,18-20,24H,3-5,11-12,14-17H2,1-2H3;9-11,14H,5-8H2,1-4H3;/q-1;;/b;12-9-;. The molecule has 0 aliphatic heterocycles. The Kier molecular flexibility index (Phi) is 14.2. The van der Waals surface area contributed by atoms with Gasteiger partial charge in [-0.25, -0.2) is 0 Å². The molecule has 0 bridgehead atoms. The number of pyridine rings is 1. The maximum Gasteiger partial charge on any atom is 0.162 e. The summed E-state index contributed by atoms with van der Waals surface area (Å²) in [6, 6.07) is 21.8. The fourth-order valence-electron chi connectivity index (χ4n) is 8.76. The van der Waals surface area contributed by atoms with Gasteiger partial charge in [-0.15, -0.1) is 34.9 Å². The molecule has 0 atom stereocenters. The van der Waals surface area contributed by atoms with Gasteiger partial charge in [-0.3, -0.25) is 4.79 Å². The van der Waals surface area contributed by atoms with Crippen LogP contribution in [0.1, 0.15) is 134 Å². The molecule has 4 aromatic rings. The van der Waals surface area contributed by atoms with Gasteiger partial charge in [0, 0.05) is 44.2 Å². The third-order valence-corrected chi connectivity index (χ3v) is 11.7. The fourth-order valence-corrected chi connectivity index (χ4v) is 8.76. The molecular weight excluding hydrogens is 779 g/mol. The Balaban J connectivity index is 0.000000290. The van der Waals surface area contributed by atoms with Crippen LogP contribution in [0.25, 0.3) is 32.8 Å². The fraction of sp³-hybridized carbons (Fsp3) is 0.511. The number of ketones is 1. The van der Waals surface area contributed by atoms with Gasteiger partial charge < -0.3 is 10.1 Å². The van der Waals surface area contributed by atoms with E-state index in [1.165, 1.54) is 96.5 Å². The third kappa shape index (κ3) is 9.11. The van der Waals surface area contributed by atoms with Crippen molar-refractivity contribution in [2.75, 3.05) is 0 Å². The van der Waals surface area contributed by atoms with Gasteiger partial charge >= 0.3 is 0 Å². The topological polar surface area (TPSA) is 50.2 Å². The number of aromatic nitrogens is 1. The van der Waals surface area contributed by atoms with Crippen LogP contribution >= 0.6 is 0 Å². The van der Waals surface area contributed by atoms with E-state index in [4.69, 9.17) is 4.98 Å². The van der Waals surface area contributed by atoms with E-state index in [0.717, 1.165) is 36.9 Å². The van der Waals surface area contributed by atoms with Crippen LogP contribution < -0.4 is 0 Å². The number of benzene rings is 3. The maximum absolute atomic E-state index is 11.7. The summed E-state index contributed by atoms with van der Waals surface area (Å²) in [5.74, 6) is 1.25. The molecule has 265 valence electrons. The zero-order valence-electron chi connectivity index (χ0n) is 30.8. The second-order valence-corrected chi connectivity index (χ2v) is 14.9. The predicted molar refractivity (Wildman–Crippen MR) is 204 cm³/mol. The second-order valence-electron chi connectivity index (χ2n) is 14.9. The molecule has 2 aliphatic carbocycles. The number of fused-ring (bicyclic) bond motifs is 3. The molecule has 3 aromatic carbocycles. The molecule has 3 nitrogen and oxygen atoms in total. The Morgan fingerprint density at radius 2 is 1.47 bits per heavy atom. The quantitative estimate of drug-likeness (QED) is 0.0791. The second kappa shape index (κ2) is 17.9. The summed E-state index contributed by atoms with van der Waals surface area (Å²) in [4.78, 5) is 16.5. The molecule has 2 fully saturated rings. The molecule has 0 unspecified atom stereocenters. The van der Waals surface area contributed by atoms with E-state index in [-0.39, 0.29) is 43.5 Å². The number of nitrogens with zero attached hydrogens (tertiary/aromatic N) is 1. The first-order valence-corrected chi connectivity index (χ1v) is 19.0. The van der Waals surface area contributed by atoms with Crippen molar-refractivity contribution < 1.29 is 30.0 Å². The van der Waals surface area contributed by atoms with Crippen molar-refractivity contribution in [2.45, 2.75) is 131 Å². The van der Waals surface area contributed by atoms with Gasteiger partial charge in [0.1, 0.15) is 0 Å². The van der Waals surface area contributed by atoms with Crippen molar-refractivity contribution in [3.05, 3.63) is 89.3 Å². The molecule has 0 amide bonds. The molecule has 1 radical (unpaired) electrons. The van der Waals surface area contributed by atoms with Crippen LogP contribution in [0, 0.1) is 37.2 Å². The minimum Gasteiger partial charge on any atom is -0.512 e. The van der Waals surface area contributed by atoms with Gasteiger partial charge in [0.2, 0.25) is 0 Å². The van der Waals surface area contributed by atoms with Gasteiger partial charge in [0.15, 0.2) is 5.78 Å². The summed E-state index contributed by atoms with van der Waals surface area (Å²) in [7, 11) is 0. The molecular formula is C45H58IrNO2-. The Labute approximate surface area is 309 Å². The van der Waals surface area contributed by atoms with Crippen LogP contribution in [-0.4, -0.2) is 15.9 Å². The van der Waals surface area contributed by atoms with E-state index < -0.39 is 0 Å². The van der Waals surface area contributed by atoms with Gasteiger partial charge in [0.05, 0.1) is 5.76 Å². The van der Waals surface area contributed by atoms with Crippen molar-refractivity contribution in [3.8, 4) is 11.3 Å². The largest absolute Gasteiger partial charge is 0.512 e. The van der Waals surface area contributed by atoms with Crippen LogP contribution in [0.5, 0.6) is 0 Å². The minimum atomic E-state index is 0. The van der Waals surface area contributed by atoms with E-state index in [9.17, 15) is 9.90 Å². The smallest absolute Gasteiger partial charge is 0.162 e. The number of aryl methyl sites for hydroxylation is 2. The minimum absolute atomic E-state index is 0. The van der Waals surface area contributed by atoms with Gasteiger partial charge in [0.25, 0.3) is 0 Å². The number of rotatable bonds is 9. The summed E-state index contributed by atoms with van der Waals surface area (Å²) in [5, 5.41) is 15.1. The summed E-state index contributed by atoms with van der Waals surface area (Å²) >= 11 is 0. The van der Waals surface area contributed by atoms with Crippen LogP contribution in [0.3, 0.4) is 0 Å². The van der Waals surface area contributed by atoms with E-state index in [2.05, 4.69) is 68.4 Å². The van der Waals surface area contributed by atoms with Gasteiger partial charge in [-0.05, 0) is 114 Å². The molecule has 1 spiro atoms. The molecule has 1 aromatic heterocycles. The molecule has 1 heterocycles. The van der Waals surface area contributed by atoms with Crippen molar-refractivity contribution in [3.63, 3.8) is 0 Å². The zero-order valence-corrected chi connectivity index (χ0v) is 33.2. The summed E-state index contributed by atoms with van der Waals surface area (Å²) in [6.45, 7) is 12.3. The van der Waals surface area contributed by atoms with E-state index >= 15 is 0 Å². The average Bonchev–Trinajstić information content (AvgIpc) is 3.09. The van der Waals surface area contributed by atoms with Crippen LogP contribution in [0.2, 0.25) is 0 Å². The number of aliphatic hydroxyl groups is 1. The maximum atomic E-state index is 11.7. The number of allylic oxidation sites excluding steroid dienone is 2. The number of hydrogen-bond donors (Lipinski definition) is 1. The van der Waals surface area contributed by atoms with Crippen LogP contribution in [0.15, 0.2) is 66.6 Å². The normalized spacial score (nSPS) is 16.5. The Morgan fingerprint density at radius 3 is 2.10 bits per heavy atom. The van der Waals surface area contributed by atoms with Crippen LogP contribution in [0.4, 0.5) is 0 Å². The monoisotopic (exact) mass is 837 g/mol. The summed E-state index contributed by atoms with van der Waals surface area (Å²) < 4.78 is 0. The molecule has 4 heteroatoms. The van der Waals surface area contributed by atoms with E-state index in [1.807, 2.05) is 33.9 Å². The zero-order chi connectivity index (χ0) is 34.3. The van der Waals surface area contributed by atoms with Gasteiger partial charge in [-0.1, -0.05) is 91.1 Å². The summed E-state index contributed by atoms with van der Waals surface area (Å²) in [5.41, 5.74) is 6.81. The Bertz CT molecular complexity index is 1700. The van der Waals surface area contributed by atoms with E-state index in [1.54, 1.807) is 5.56 Å². The molecule has 1 N–H and O–H groups in total. The molecule has 2 aliphatic rings. The van der Waals surface area contributed by atoms with E-state index in [0.29, 0.717) is 11.3 Å². The first kappa shape index (κ1) is 39.0. The number of carbonyl (C=O) groups excluding carboxylic acids is 1. The Hall–Kier alpha value is -2.81. The molecule has 6 rings (SSSR count). The van der Waals surface area contributed by atoms with Crippen molar-refractivity contribution >= 4 is 27.3 Å². The number of aliphatic hydroxyl groups excluding tert-OH is 1. The summed E-state index contributed by atoms with van der Waals surface area (Å²) in [6.07, 6.45) is 19.8.